The molecule has 3 nitrogen and oxygen atoms in total. The summed E-state index contributed by atoms with van der Waals surface area (Å²) in [6.07, 6.45) is 9.04. The maximum Gasteiger partial charge on any atom is 0.193 e. The predicted octanol–water partition coefficient (Wildman–Crippen LogP) is 3.28. The average Bonchev–Trinajstić information content (AvgIpc) is 2.92. The molecule has 0 bridgehead atoms. The van der Waals surface area contributed by atoms with Gasteiger partial charge in [0.15, 0.2) is 4.96 Å². The zero-order valence-electron chi connectivity index (χ0n) is 10.3. The summed E-state index contributed by atoms with van der Waals surface area (Å²) >= 11 is 7.79. The zero-order valence-corrected chi connectivity index (χ0v) is 11.9. The quantitative estimate of drug-likeness (QED) is 0.873. The topological polar surface area (TPSA) is 29.3 Å². The van der Waals surface area contributed by atoms with E-state index >= 15 is 0 Å². The van der Waals surface area contributed by atoms with Crippen LogP contribution in [0.4, 0.5) is 0 Å². The highest BCUT2D eigenvalue weighted by Gasteiger charge is 2.18. The summed E-state index contributed by atoms with van der Waals surface area (Å²) in [5.74, 6) is 0.795. The summed E-state index contributed by atoms with van der Waals surface area (Å²) in [5, 5.41) is 6.00. The normalized spacial score (nSPS) is 24.7. The molecule has 2 aromatic heterocycles. The highest BCUT2D eigenvalue weighted by Crippen LogP contribution is 2.27. The first-order valence-corrected chi connectivity index (χ1v) is 7.89. The zero-order chi connectivity index (χ0) is 12.4. The van der Waals surface area contributed by atoms with Gasteiger partial charge in [-0.15, -0.1) is 22.9 Å². The number of thiazole rings is 1. The minimum absolute atomic E-state index is 0.418. The van der Waals surface area contributed by atoms with Crippen LogP contribution < -0.4 is 5.32 Å². The molecule has 5 heteroatoms. The van der Waals surface area contributed by atoms with Crippen molar-refractivity contribution in [2.24, 2.45) is 5.92 Å². The van der Waals surface area contributed by atoms with E-state index in [0.29, 0.717) is 5.38 Å². The van der Waals surface area contributed by atoms with Crippen molar-refractivity contribution in [3.05, 3.63) is 23.5 Å². The second-order valence-electron chi connectivity index (χ2n) is 5.07. The molecule has 0 radical (unpaired) electrons. The molecule has 0 aliphatic heterocycles. The number of nitrogens with zero attached hydrogens (tertiary/aromatic N) is 2. The first-order valence-electron chi connectivity index (χ1n) is 6.57. The Morgan fingerprint density at radius 3 is 3.00 bits per heavy atom. The molecular weight excluding hydrogens is 266 g/mol. The van der Waals surface area contributed by atoms with Gasteiger partial charge in [0.2, 0.25) is 0 Å². The van der Waals surface area contributed by atoms with Crippen LogP contribution in [0, 0.1) is 5.92 Å². The summed E-state index contributed by atoms with van der Waals surface area (Å²) in [5.41, 5.74) is 1.13. The molecule has 1 fully saturated rings. The highest BCUT2D eigenvalue weighted by atomic mass is 35.5. The van der Waals surface area contributed by atoms with E-state index in [2.05, 4.69) is 32.5 Å². The predicted molar refractivity (Wildman–Crippen MR) is 76.4 cm³/mol. The Morgan fingerprint density at radius 1 is 1.39 bits per heavy atom. The lowest BCUT2D eigenvalue weighted by Crippen LogP contribution is -2.26. The molecule has 0 amide bonds. The van der Waals surface area contributed by atoms with E-state index in [1.165, 1.54) is 25.7 Å². The Labute approximate surface area is 116 Å². The molecule has 2 aromatic rings. The number of nitrogens with one attached hydrogen (secondary N) is 1. The molecule has 1 aliphatic rings. The number of fused-ring (bicyclic) bond motifs is 1. The van der Waals surface area contributed by atoms with Gasteiger partial charge in [-0.25, -0.2) is 4.98 Å². The van der Waals surface area contributed by atoms with Gasteiger partial charge in [-0.3, -0.25) is 4.40 Å². The van der Waals surface area contributed by atoms with Gasteiger partial charge in [0.25, 0.3) is 0 Å². The van der Waals surface area contributed by atoms with Crippen molar-refractivity contribution in [3.8, 4) is 0 Å². The summed E-state index contributed by atoms with van der Waals surface area (Å²) < 4.78 is 2.08. The Kier molecular flexibility index (Phi) is 3.87. The van der Waals surface area contributed by atoms with Gasteiger partial charge in [-0.05, 0) is 38.1 Å². The Hall–Kier alpha value is -0.580. The van der Waals surface area contributed by atoms with Crippen LogP contribution in [0.15, 0.2) is 17.8 Å². The van der Waals surface area contributed by atoms with Gasteiger partial charge in [0.1, 0.15) is 0 Å². The first-order chi connectivity index (χ1) is 8.81. The van der Waals surface area contributed by atoms with Crippen LogP contribution in [0.2, 0.25) is 0 Å². The smallest absolute Gasteiger partial charge is 0.193 e. The van der Waals surface area contributed by atoms with E-state index in [1.54, 1.807) is 11.3 Å². The minimum atomic E-state index is 0.418. The maximum absolute atomic E-state index is 6.11. The SMILES string of the molecule is ClC1CCC(CNCc2cn3ccsc3n2)CC1. The van der Waals surface area contributed by atoms with Crippen molar-refractivity contribution >= 4 is 27.9 Å². The Morgan fingerprint density at radius 2 is 2.22 bits per heavy atom. The largest absolute Gasteiger partial charge is 0.311 e. The van der Waals surface area contributed by atoms with Crippen LogP contribution in [-0.2, 0) is 6.54 Å². The van der Waals surface area contributed by atoms with Crippen LogP contribution in [0.25, 0.3) is 4.96 Å². The molecule has 0 saturated heterocycles. The molecule has 1 saturated carbocycles. The summed E-state index contributed by atoms with van der Waals surface area (Å²) in [6, 6.07) is 0. The van der Waals surface area contributed by atoms with Gasteiger partial charge in [-0.2, -0.15) is 0 Å². The van der Waals surface area contributed by atoms with Crippen LogP contribution >= 0.6 is 22.9 Å². The van der Waals surface area contributed by atoms with Crippen molar-refractivity contribution in [3.63, 3.8) is 0 Å². The third-order valence-electron chi connectivity index (χ3n) is 3.66. The van der Waals surface area contributed by atoms with Crippen molar-refractivity contribution in [2.45, 2.75) is 37.6 Å². The van der Waals surface area contributed by atoms with Crippen LogP contribution in [0.5, 0.6) is 0 Å². The minimum Gasteiger partial charge on any atom is -0.311 e. The number of halogens is 1. The summed E-state index contributed by atoms with van der Waals surface area (Å²) in [4.78, 5) is 5.64. The monoisotopic (exact) mass is 283 g/mol. The summed E-state index contributed by atoms with van der Waals surface area (Å²) in [7, 11) is 0. The third kappa shape index (κ3) is 2.87. The van der Waals surface area contributed by atoms with E-state index in [9.17, 15) is 0 Å². The lowest BCUT2D eigenvalue weighted by Gasteiger charge is -2.24. The molecule has 0 spiro atoms. The number of alkyl halides is 1. The highest BCUT2D eigenvalue weighted by molar-refractivity contribution is 7.15. The molecule has 0 atom stereocenters. The number of rotatable bonds is 4. The fourth-order valence-corrected chi connectivity index (χ4v) is 3.56. The van der Waals surface area contributed by atoms with Gasteiger partial charge in [0, 0.05) is 29.7 Å². The number of imidazole rings is 1. The Balaban J connectivity index is 1.45. The average molecular weight is 284 g/mol. The second kappa shape index (κ2) is 5.59. The van der Waals surface area contributed by atoms with E-state index in [1.807, 2.05) is 0 Å². The van der Waals surface area contributed by atoms with E-state index in [4.69, 9.17) is 11.6 Å². The van der Waals surface area contributed by atoms with E-state index < -0.39 is 0 Å². The van der Waals surface area contributed by atoms with Crippen molar-refractivity contribution < 1.29 is 0 Å². The fourth-order valence-electron chi connectivity index (χ4n) is 2.59. The summed E-state index contributed by atoms with van der Waals surface area (Å²) in [6.45, 7) is 1.96. The van der Waals surface area contributed by atoms with Crippen LogP contribution in [-0.4, -0.2) is 21.3 Å². The number of hydrogen-bond donors (Lipinski definition) is 1. The van der Waals surface area contributed by atoms with Gasteiger partial charge < -0.3 is 5.32 Å². The maximum atomic E-state index is 6.11. The van der Waals surface area contributed by atoms with Gasteiger partial charge in [-0.1, -0.05) is 0 Å². The Bertz CT molecular complexity index is 471. The van der Waals surface area contributed by atoms with E-state index in [-0.39, 0.29) is 0 Å². The fraction of sp³-hybridized carbons (Fsp3) is 0.615. The molecule has 1 aliphatic carbocycles. The lowest BCUT2D eigenvalue weighted by atomic mass is 9.89. The third-order valence-corrected chi connectivity index (χ3v) is 4.87. The van der Waals surface area contributed by atoms with Gasteiger partial charge in [0.05, 0.1) is 5.69 Å². The molecule has 98 valence electrons. The van der Waals surface area contributed by atoms with Crippen LogP contribution in [0.1, 0.15) is 31.4 Å². The molecule has 2 heterocycles. The number of aromatic nitrogens is 2. The standard InChI is InChI=1S/C13H18ClN3S/c14-11-3-1-10(2-4-11)7-15-8-12-9-17-5-6-18-13(17)16-12/h5-6,9-11,15H,1-4,7-8H2. The first kappa shape index (κ1) is 12.5. The van der Waals surface area contributed by atoms with Crippen molar-refractivity contribution in [2.75, 3.05) is 6.54 Å². The molecule has 3 rings (SSSR count). The van der Waals surface area contributed by atoms with Crippen LogP contribution in [0.3, 0.4) is 0 Å². The molecule has 0 unspecified atom stereocenters. The number of hydrogen-bond acceptors (Lipinski definition) is 3. The second-order valence-corrected chi connectivity index (χ2v) is 6.56. The molecule has 0 aromatic carbocycles. The van der Waals surface area contributed by atoms with E-state index in [0.717, 1.165) is 29.7 Å². The lowest BCUT2D eigenvalue weighted by molar-refractivity contribution is 0.345. The molecule has 18 heavy (non-hydrogen) atoms. The molecule has 1 N–H and O–H groups in total. The van der Waals surface area contributed by atoms with Crippen molar-refractivity contribution in [1.29, 1.82) is 0 Å². The van der Waals surface area contributed by atoms with Crippen molar-refractivity contribution in [1.82, 2.24) is 14.7 Å². The van der Waals surface area contributed by atoms with Gasteiger partial charge >= 0.3 is 0 Å². The molecular formula is C13H18ClN3S.